The summed E-state index contributed by atoms with van der Waals surface area (Å²) in [4.78, 5) is 0. The maximum Gasteiger partial charge on any atom is 0.416 e. The Morgan fingerprint density at radius 3 is 2.00 bits per heavy atom. The minimum Gasteiger partial charge on any atom is -0.382 e. The van der Waals surface area contributed by atoms with E-state index in [0.717, 1.165) is 0 Å². The minimum atomic E-state index is -5.09. The third kappa shape index (κ3) is 3.27. The van der Waals surface area contributed by atoms with Crippen molar-refractivity contribution >= 4 is 12.4 Å². The number of nitrogens with two attached hydrogens (primary N) is 1. The van der Waals surface area contributed by atoms with Crippen molar-refractivity contribution in [2.24, 2.45) is 5.73 Å². The molecule has 0 amide bonds. The molecule has 0 aliphatic rings. The van der Waals surface area contributed by atoms with Gasteiger partial charge in [0.2, 0.25) is 0 Å². The van der Waals surface area contributed by atoms with E-state index in [0.29, 0.717) is 12.1 Å². The van der Waals surface area contributed by atoms with Crippen LogP contribution in [0.2, 0.25) is 0 Å². The second-order valence-corrected chi connectivity index (χ2v) is 3.28. The summed E-state index contributed by atoms with van der Waals surface area (Å²) in [6.45, 7) is 0. The lowest BCUT2D eigenvalue weighted by molar-refractivity contribution is -0.210. The summed E-state index contributed by atoms with van der Waals surface area (Å²) in [5.74, 6) is -5.34. The molecular weight excluding hydrogens is 288 g/mol. The molecule has 0 aromatic heterocycles. The third-order valence-electron chi connectivity index (χ3n) is 2.10. The molecule has 9 heteroatoms. The van der Waals surface area contributed by atoms with E-state index >= 15 is 0 Å². The van der Waals surface area contributed by atoms with Crippen LogP contribution in [0.1, 0.15) is 11.6 Å². The standard InChI is InChI=1S/C9H7F6NO.ClH/c10-4-2-1-3(5(11)6(4)12)7(16)8(17)9(13,14)15;/h1-2,7-8,17H,16H2;1H/t7-,8-;/m1./s1. The maximum atomic E-state index is 13.1. The van der Waals surface area contributed by atoms with Gasteiger partial charge < -0.3 is 10.8 Å². The van der Waals surface area contributed by atoms with Crippen LogP contribution in [-0.2, 0) is 0 Å². The second-order valence-electron chi connectivity index (χ2n) is 3.28. The summed E-state index contributed by atoms with van der Waals surface area (Å²) in [5, 5.41) is 8.76. The van der Waals surface area contributed by atoms with Crippen molar-refractivity contribution in [2.75, 3.05) is 0 Å². The summed E-state index contributed by atoms with van der Waals surface area (Å²) >= 11 is 0. The highest BCUT2D eigenvalue weighted by atomic mass is 35.5. The van der Waals surface area contributed by atoms with Crippen LogP contribution in [-0.4, -0.2) is 17.4 Å². The molecule has 2 nitrogen and oxygen atoms in total. The predicted octanol–water partition coefficient (Wildman–Crippen LogP) is 2.45. The smallest absolute Gasteiger partial charge is 0.382 e. The van der Waals surface area contributed by atoms with Gasteiger partial charge in [-0.3, -0.25) is 0 Å². The van der Waals surface area contributed by atoms with Gasteiger partial charge in [0, 0.05) is 5.56 Å². The van der Waals surface area contributed by atoms with Crippen molar-refractivity contribution in [3.05, 3.63) is 35.1 Å². The van der Waals surface area contributed by atoms with E-state index in [2.05, 4.69) is 0 Å². The molecule has 0 aliphatic carbocycles. The summed E-state index contributed by atoms with van der Waals surface area (Å²) in [6.07, 6.45) is -8.15. The van der Waals surface area contributed by atoms with Gasteiger partial charge in [0.25, 0.3) is 0 Å². The highest BCUT2D eigenvalue weighted by Crippen LogP contribution is 2.30. The fraction of sp³-hybridized carbons (Fsp3) is 0.333. The lowest BCUT2D eigenvalue weighted by Crippen LogP contribution is -2.39. The fourth-order valence-corrected chi connectivity index (χ4v) is 1.17. The van der Waals surface area contributed by atoms with Gasteiger partial charge in [0.1, 0.15) is 0 Å². The monoisotopic (exact) mass is 295 g/mol. The second kappa shape index (κ2) is 5.77. The van der Waals surface area contributed by atoms with Gasteiger partial charge in [-0.2, -0.15) is 13.2 Å². The largest absolute Gasteiger partial charge is 0.416 e. The molecule has 0 radical (unpaired) electrons. The number of aliphatic hydroxyl groups excluding tert-OH is 1. The number of hydrogen-bond acceptors (Lipinski definition) is 2. The van der Waals surface area contributed by atoms with Crippen LogP contribution in [0.25, 0.3) is 0 Å². The molecule has 1 rings (SSSR count). The topological polar surface area (TPSA) is 46.2 Å². The first-order chi connectivity index (χ1) is 7.66. The van der Waals surface area contributed by atoms with Crippen molar-refractivity contribution < 1.29 is 31.4 Å². The Balaban J connectivity index is 0.00000289. The third-order valence-corrected chi connectivity index (χ3v) is 2.10. The summed E-state index contributed by atoms with van der Waals surface area (Å²) < 4.78 is 74.6. The first-order valence-corrected chi connectivity index (χ1v) is 4.30. The molecule has 0 fully saturated rings. The summed E-state index contributed by atoms with van der Waals surface area (Å²) in [5.41, 5.74) is 4.00. The molecule has 1 aromatic carbocycles. The molecule has 0 saturated carbocycles. The SMILES string of the molecule is Cl.N[C@H](c1ccc(F)c(F)c1F)[C@@H](O)C(F)(F)F. The van der Waals surface area contributed by atoms with Gasteiger partial charge in [0.05, 0.1) is 6.04 Å². The number of hydrogen-bond donors (Lipinski definition) is 2. The van der Waals surface area contributed by atoms with Crippen molar-refractivity contribution in [1.82, 2.24) is 0 Å². The van der Waals surface area contributed by atoms with Crippen molar-refractivity contribution in [1.29, 1.82) is 0 Å². The van der Waals surface area contributed by atoms with Crippen LogP contribution in [0.15, 0.2) is 12.1 Å². The molecule has 0 aliphatic heterocycles. The number of aliphatic hydroxyl groups is 1. The van der Waals surface area contributed by atoms with Crippen LogP contribution in [0.5, 0.6) is 0 Å². The van der Waals surface area contributed by atoms with Crippen LogP contribution in [0.3, 0.4) is 0 Å². The summed E-state index contributed by atoms with van der Waals surface area (Å²) in [6, 6.07) is -1.26. The first kappa shape index (κ1) is 17.0. The van der Waals surface area contributed by atoms with Crippen LogP contribution in [0.4, 0.5) is 26.3 Å². The van der Waals surface area contributed by atoms with Crippen LogP contribution >= 0.6 is 12.4 Å². The van der Waals surface area contributed by atoms with E-state index < -0.39 is 41.3 Å². The number of rotatable bonds is 2. The molecule has 1 aromatic rings. The maximum absolute atomic E-state index is 13.1. The molecular formula is C9H8ClF6NO. The molecule has 104 valence electrons. The van der Waals surface area contributed by atoms with Gasteiger partial charge in [-0.1, -0.05) is 6.07 Å². The Morgan fingerprint density at radius 2 is 1.56 bits per heavy atom. The van der Waals surface area contributed by atoms with Crippen molar-refractivity contribution in [3.8, 4) is 0 Å². The highest BCUT2D eigenvalue weighted by Gasteiger charge is 2.43. The lowest BCUT2D eigenvalue weighted by atomic mass is 10.0. The average molecular weight is 296 g/mol. The molecule has 0 spiro atoms. The highest BCUT2D eigenvalue weighted by molar-refractivity contribution is 5.85. The van der Waals surface area contributed by atoms with E-state index in [1.807, 2.05) is 0 Å². The first-order valence-electron chi connectivity index (χ1n) is 4.30. The van der Waals surface area contributed by atoms with E-state index in [4.69, 9.17) is 10.8 Å². The zero-order valence-corrected chi connectivity index (χ0v) is 9.33. The number of halogens is 7. The molecule has 2 atom stereocenters. The van der Waals surface area contributed by atoms with Gasteiger partial charge in [-0.25, -0.2) is 13.2 Å². The number of alkyl halides is 3. The minimum absolute atomic E-state index is 0. The fourth-order valence-electron chi connectivity index (χ4n) is 1.17. The lowest BCUT2D eigenvalue weighted by Gasteiger charge is -2.22. The zero-order chi connectivity index (χ0) is 13.4. The Hall–Kier alpha value is -0.990. The Bertz CT molecular complexity index is 424. The van der Waals surface area contributed by atoms with Gasteiger partial charge >= 0.3 is 6.18 Å². The Labute approximate surface area is 104 Å². The van der Waals surface area contributed by atoms with E-state index in [9.17, 15) is 26.3 Å². The molecule has 3 N–H and O–H groups in total. The normalized spacial score (nSPS) is 14.9. The molecule has 0 heterocycles. The van der Waals surface area contributed by atoms with Gasteiger partial charge in [-0.15, -0.1) is 12.4 Å². The average Bonchev–Trinajstić information content (AvgIpc) is 2.23. The zero-order valence-electron chi connectivity index (χ0n) is 8.51. The van der Waals surface area contributed by atoms with E-state index in [1.165, 1.54) is 0 Å². The molecule has 0 bridgehead atoms. The quantitative estimate of drug-likeness (QED) is 0.650. The van der Waals surface area contributed by atoms with Crippen LogP contribution < -0.4 is 5.73 Å². The van der Waals surface area contributed by atoms with Crippen molar-refractivity contribution in [2.45, 2.75) is 18.3 Å². The predicted molar refractivity (Wildman–Crippen MR) is 52.6 cm³/mol. The van der Waals surface area contributed by atoms with Gasteiger partial charge in [0.15, 0.2) is 23.6 Å². The van der Waals surface area contributed by atoms with Gasteiger partial charge in [-0.05, 0) is 6.07 Å². The molecule has 0 unspecified atom stereocenters. The Morgan fingerprint density at radius 1 is 1.06 bits per heavy atom. The Kier molecular flexibility index (Phi) is 5.45. The van der Waals surface area contributed by atoms with Crippen molar-refractivity contribution in [3.63, 3.8) is 0 Å². The van der Waals surface area contributed by atoms with E-state index in [-0.39, 0.29) is 12.4 Å². The van der Waals surface area contributed by atoms with Crippen LogP contribution in [0, 0.1) is 17.5 Å². The molecule has 18 heavy (non-hydrogen) atoms. The summed E-state index contributed by atoms with van der Waals surface area (Å²) in [7, 11) is 0. The molecule has 0 saturated heterocycles. The van der Waals surface area contributed by atoms with E-state index in [1.54, 1.807) is 0 Å². The number of benzene rings is 1.